The van der Waals surface area contributed by atoms with Gasteiger partial charge in [0.15, 0.2) is 6.29 Å². The molecule has 0 aliphatic carbocycles. The molecule has 0 amide bonds. The van der Waals surface area contributed by atoms with Gasteiger partial charge in [0.25, 0.3) is 0 Å². The molecular formula is C12H21NO2. The third kappa shape index (κ3) is 3.50. The minimum Gasteiger partial charge on any atom is -0.377 e. The van der Waals surface area contributed by atoms with Crippen LogP contribution in [0.2, 0.25) is 0 Å². The highest BCUT2D eigenvalue weighted by molar-refractivity contribution is 4.88. The second kappa shape index (κ2) is 5.52. The number of hydrogen-bond acceptors (Lipinski definition) is 3. The molecule has 0 atom stereocenters. The summed E-state index contributed by atoms with van der Waals surface area (Å²) in [5.41, 5.74) is 0. The van der Waals surface area contributed by atoms with Crippen molar-refractivity contribution in [2.45, 2.75) is 32.5 Å². The van der Waals surface area contributed by atoms with Crippen molar-refractivity contribution in [2.24, 2.45) is 5.92 Å². The van der Waals surface area contributed by atoms with E-state index in [1.807, 2.05) is 6.08 Å². The molecule has 2 aliphatic rings. The van der Waals surface area contributed by atoms with Crippen LogP contribution in [0.25, 0.3) is 0 Å². The van der Waals surface area contributed by atoms with Crippen LogP contribution in [0.3, 0.4) is 0 Å². The zero-order valence-corrected chi connectivity index (χ0v) is 9.52. The second-order valence-corrected chi connectivity index (χ2v) is 4.58. The Morgan fingerprint density at radius 3 is 2.40 bits per heavy atom. The molecule has 0 saturated carbocycles. The monoisotopic (exact) mass is 211 g/mol. The summed E-state index contributed by atoms with van der Waals surface area (Å²) in [6, 6.07) is 0. The van der Waals surface area contributed by atoms with Crippen LogP contribution < -0.4 is 0 Å². The van der Waals surface area contributed by atoms with Crippen LogP contribution in [-0.4, -0.2) is 37.5 Å². The maximum Gasteiger partial charge on any atom is 0.178 e. The fraction of sp³-hybridized carbons (Fsp3) is 0.833. The largest absolute Gasteiger partial charge is 0.377 e. The first-order chi connectivity index (χ1) is 7.34. The minimum absolute atomic E-state index is 0.122. The molecule has 3 heteroatoms. The Kier molecular flexibility index (Phi) is 4.03. The van der Waals surface area contributed by atoms with E-state index in [-0.39, 0.29) is 6.29 Å². The van der Waals surface area contributed by atoms with Gasteiger partial charge in [-0.25, -0.2) is 0 Å². The molecule has 0 radical (unpaired) electrons. The Morgan fingerprint density at radius 2 is 1.73 bits per heavy atom. The van der Waals surface area contributed by atoms with Gasteiger partial charge < -0.3 is 14.4 Å². The van der Waals surface area contributed by atoms with Crippen molar-refractivity contribution < 1.29 is 9.47 Å². The zero-order chi connectivity index (χ0) is 10.5. The molecule has 2 heterocycles. The lowest BCUT2D eigenvalue weighted by molar-refractivity contribution is -0.171. The first-order valence-electron chi connectivity index (χ1n) is 6.00. The minimum atomic E-state index is -0.122. The highest BCUT2D eigenvalue weighted by atomic mass is 16.7. The van der Waals surface area contributed by atoms with Crippen molar-refractivity contribution >= 4 is 0 Å². The molecule has 2 aliphatic heterocycles. The number of nitrogens with zero attached hydrogens (tertiary/aromatic N) is 1. The molecule has 0 aromatic carbocycles. The fourth-order valence-electron chi connectivity index (χ4n) is 1.98. The first-order valence-corrected chi connectivity index (χ1v) is 6.00. The summed E-state index contributed by atoms with van der Waals surface area (Å²) in [6.07, 6.45) is 8.06. The highest BCUT2D eigenvalue weighted by Crippen LogP contribution is 2.13. The number of likely N-dealkylation sites (tertiary alicyclic amines) is 1. The van der Waals surface area contributed by atoms with Gasteiger partial charge in [-0.05, 0) is 31.5 Å². The maximum atomic E-state index is 5.55. The second-order valence-electron chi connectivity index (χ2n) is 4.58. The van der Waals surface area contributed by atoms with E-state index >= 15 is 0 Å². The summed E-state index contributed by atoms with van der Waals surface area (Å²) in [6.45, 7) is 6.13. The Balaban J connectivity index is 1.73. The van der Waals surface area contributed by atoms with Crippen molar-refractivity contribution in [3.8, 4) is 0 Å². The van der Waals surface area contributed by atoms with Crippen molar-refractivity contribution in [1.82, 2.24) is 4.90 Å². The van der Waals surface area contributed by atoms with Crippen LogP contribution in [-0.2, 0) is 9.47 Å². The van der Waals surface area contributed by atoms with E-state index in [4.69, 9.17) is 9.47 Å². The first kappa shape index (κ1) is 11.0. The average Bonchev–Trinajstić information content (AvgIpc) is 2.30. The van der Waals surface area contributed by atoms with Crippen molar-refractivity contribution in [3.05, 3.63) is 12.3 Å². The Bertz CT molecular complexity index is 204. The van der Waals surface area contributed by atoms with E-state index in [1.54, 1.807) is 0 Å². The summed E-state index contributed by atoms with van der Waals surface area (Å²) in [5.74, 6) is 0.532. The van der Waals surface area contributed by atoms with Gasteiger partial charge in [-0.3, -0.25) is 0 Å². The average molecular weight is 211 g/mol. The molecule has 3 nitrogen and oxygen atoms in total. The third-order valence-corrected chi connectivity index (χ3v) is 2.93. The topological polar surface area (TPSA) is 21.7 Å². The van der Waals surface area contributed by atoms with Crippen LogP contribution in [0.1, 0.15) is 26.2 Å². The molecule has 0 aromatic rings. The summed E-state index contributed by atoms with van der Waals surface area (Å²) < 4.78 is 11.1. The van der Waals surface area contributed by atoms with Gasteiger partial charge in [0.2, 0.25) is 0 Å². The van der Waals surface area contributed by atoms with Crippen molar-refractivity contribution in [3.63, 3.8) is 0 Å². The number of piperidine rings is 1. The highest BCUT2D eigenvalue weighted by Gasteiger charge is 2.16. The van der Waals surface area contributed by atoms with E-state index in [0.717, 1.165) is 13.2 Å². The summed E-state index contributed by atoms with van der Waals surface area (Å²) in [7, 11) is 0. The number of hydrogen-bond donors (Lipinski definition) is 0. The van der Waals surface area contributed by atoms with Gasteiger partial charge in [0.05, 0.1) is 13.2 Å². The van der Waals surface area contributed by atoms with E-state index in [0.29, 0.717) is 5.92 Å². The lowest BCUT2D eigenvalue weighted by Gasteiger charge is -2.28. The van der Waals surface area contributed by atoms with Crippen LogP contribution in [0.4, 0.5) is 0 Å². The van der Waals surface area contributed by atoms with Crippen LogP contribution in [0.5, 0.6) is 0 Å². The van der Waals surface area contributed by atoms with Crippen molar-refractivity contribution in [2.75, 3.05) is 26.3 Å². The van der Waals surface area contributed by atoms with Gasteiger partial charge in [-0.2, -0.15) is 0 Å². The van der Waals surface area contributed by atoms with Gasteiger partial charge in [-0.15, -0.1) is 0 Å². The van der Waals surface area contributed by atoms with Crippen molar-refractivity contribution in [1.29, 1.82) is 0 Å². The Hall–Kier alpha value is -0.540. The van der Waals surface area contributed by atoms with Crippen LogP contribution in [0, 0.1) is 5.92 Å². The molecule has 15 heavy (non-hydrogen) atoms. The SMILES string of the molecule is CC1COC(/C=C/N2CCCCC2)OC1. The molecule has 2 saturated heterocycles. The number of ether oxygens (including phenoxy) is 2. The molecule has 0 spiro atoms. The van der Waals surface area contributed by atoms with Crippen LogP contribution in [0.15, 0.2) is 12.3 Å². The normalized spacial score (nSPS) is 33.5. The van der Waals surface area contributed by atoms with E-state index in [2.05, 4.69) is 18.0 Å². The summed E-state index contributed by atoms with van der Waals surface area (Å²) in [5, 5.41) is 0. The molecular weight excluding hydrogens is 190 g/mol. The quantitative estimate of drug-likeness (QED) is 0.697. The maximum absolute atomic E-state index is 5.55. The fourth-order valence-corrected chi connectivity index (χ4v) is 1.98. The summed E-state index contributed by atoms with van der Waals surface area (Å²) >= 11 is 0. The predicted octanol–water partition coefficient (Wildman–Crippen LogP) is 2.00. The van der Waals surface area contributed by atoms with Gasteiger partial charge in [-0.1, -0.05) is 6.92 Å². The van der Waals surface area contributed by atoms with Gasteiger partial charge in [0.1, 0.15) is 0 Å². The third-order valence-electron chi connectivity index (χ3n) is 2.93. The van der Waals surface area contributed by atoms with Gasteiger partial charge in [0, 0.05) is 19.0 Å². The van der Waals surface area contributed by atoms with E-state index in [1.165, 1.54) is 32.4 Å². The molecule has 0 unspecified atom stereocenters. The molecule has 86 valence electrons. The lowest BCUT2D eigenvalue weighted by Crippen LogP contribution is -2.30. The molecule has 0 bridgehead atoms. The van der Waals surface area contributed by atoms with E-state index < -0.39 is 0 Å². The lowest BCUT2D eigenvalue weighted by atomic mass is 10.1. The van der Waals surface area contributed by atoms with Gasteiger partial charge >= 0.3 is 0 Å². The van der Waals surface area contributed by atoms with Crippen LogP contribution >= 0.6 is 0 Å². The Morgan fingerprint density at radius 1 is 1.07 bits per heavy atom. The molecule has 0 aromatic heterocycles. The molecule has 0 N–H and O–H groups in total. The van der Waals surface area contributed by atoms with E-state index in [9.17, 15) is 0 Å². The summed E-state index contributed by atoms with van der Waals surface area (Å²) in [4.78, 5) is 2.36. The smallest absolute Gasteiger partial charge is 0.178 e. The number of rotatable bonds is 2. The molecule has 2 fully saturated rings. The standard InChI is InChI=1S/C12H21NO2/c1-11-9-14-12(15-10-11)5-8-13-6-3-2-4-7-13/h5,8,11-12H,2-4,6-7,9-10H2,1H3/b8-5+. The zero-order valence-electron chi connectivity index (χ0n) is 9.52. The Labute approximate surface area is 92.0 Å². The molecule has 2 rings (SSSR count). The predicted molar refractivity (Wildman–Crippen MR) is 59.4 cm³/mol.